The zero-order chi connectivity index (χ0) is 78.9. The van der Waals surface area contributed by atoms with E-state index in [0.717, 1.165) is 128 Å². The summed E-state index contributed by atoms with van der Waals surface area (Å²) < 4.78 is 68.4. The largest absolute Gasteiger partial charge is 0.472 e. The molecule has 0 saturated carbocycles. The van der Waals surface area contributed by atoms with E-state index in [0.29, 0.717) is 44.9 Å². The number of carbonyl (C=O) groups excluding carboxylic acids is 4. The fourth-order valence-electron chi connectivity index (χ4n) is 9.85. The summed E-state index contributed by atoms with van der Waals surface area (Å²) in [4.78, 5) is 73.0. The number of hydrogen-bond donors (Lipinski definition) is 3. The van der Waals surface area contributed by atoms with E-state index >= 15 is 0 Å². The number of rotatable bonds is 74. The van der Waals surface area contributed by atoms with Crippen molar-refractivity contribution in [2.24, 2.45) is 0 Å². The molecule has 2 unspecified atom stereocenters. The lowest BCUT2D eigenvalue weighted by Gasteiger charge is -2.21. The van der Waals surface area contributed by atoms with Crippen molar-refractivity contribution in [3.8, 4) is 0 Å². The molecule has 0 aliphatic rings. The topological polar surface area (TPSA) is 237 Å². The van der Waals surface area contributed by atoms with E-state index in [2.05, 4.69) is 180 Å². The van der Waals surface area contributed by atoms with Crippen LogP contribution in [0.4, 0.5) is 0 Å². The summed E-state index contributed by atoms with van der Waals surface area (Å²) in [7, 11) is -10.0. The minimum atomic E-state index is -5.03. The summed E-state index contributed by atoms with van der Waals surface area (Å²) in [6.45, 7) is 4.42. The van der Waals surface area contributed by atoms with Crippen LogP contribution < -0.4 is 0 Å². The highest BCUT2D eigenvalue weighted by molar-refractivity contribution is 7.47. The Bertz CT molecular complexity index is 2810. The fourth-order valence-corrected chi connectivity index (χ4v) is 11.4. The van der Waals surface area contributed by atoms with Crippen molar-refractivity contribution in [1.82, 2.24) is 0 Å². The molecule has 0 aromatic carbocycles. The predicted molar refractivity (Wildman–Crippen MR) is 445 cm³/mol. The molecule has 0 fully saturated rings. The number of unbranched alkanes of at least 4 members (excludes halogenated alkanes) is 16. The van der Waals surface area contributed by atoms with Crippen LogP contribution >= 0.6 is 15.6 Å². The average molecular weight is 1550 g/mol. The maximum absolute atomic E-state index is 13.1. The number of ether oxygens (including phenoxy) is 4. The van der Waals surface area contributed by atoms with Crippen LogP contribution in [0.15, 0.2) is 194 Å². The van der Waals surface area contributed by atoms with Gasteiger partial charge in [-0.2, -0.15) is 0 Å². The van der Waals surface area contributed by atoms with E-state index in [1.165, 1.54) is 57.8 Å². The quantitative estimate of drug-likeness (QED) is 0.0169. The van der Waals surface area contributed by atoms with Gasteiger partial charge in [0.05, 0.1) is 26.4 Å². The van der Waals surface area contributed by atoms with Gasteiger partial charge in [0.1, 0.15) is 19.3 Å². The summed E-state index contributed by atoms with van der Waals surface area (Å²) in [5, 5.41) is 10.6. The van der Waals surface area contributed by atoms with Crippen molar-refractivity contribution >= 4 is 39.5 Å². The summed E-state index contributed by atoms with van der Waals surface area (Å²) in [5.41, 5.74) is 0. The Morgan fingerprint density at radius 1 is 0.269 bits per heavy atom. The first-order valence-electron chi connectivity index (χ1n) is 40.7. The van der Waals surface area contributed by atoms with Gasteiger partial charge < -0.3 is 33.8 Å². The Kier molecular flexibility index (Phi) is 74.5. The Balaban J connectivity index is 5.58. The first-order valence-corrected chi connectivity index (χ1v) is 43.7. The summed E-state index contributed by atoms with van der Waals surface area (Å²) in [6.07, 6.45) is 97.2. The third kappa shape index (κ3) is 78.0. The molecule has 0 aliphatic heterocycles. The molecule has 0 spiro atoms. The Labute approximate surface area is 653 Å². The first-order chi connectivity index (χ1) is 52.7. The lowest BCUT2D eigenvalue weighted by atomic mass is 10.1. The number of phosphoric ester groups is 2. The predicted octanol–water partition coefficient (Wildman–Crippen LogP) is 24.1. The number of aliphatic hydroxyl groups excluding tert-OH is 1. The van der Waals surface area contributed by atoms with Crippen LogP contribution in [-0.2, 0) is 65.4 Å². The maximum atomic E-state index is 13.1. The van der Waals surface area contributed by atoms with Gasteiger partial charge in [-0.1, -0.05) is 280 Å². The summed E-state index contributed by atoms with van der Waals surface area (Å²) >= 11 is 0. The normalized spacial score (nSPS) is 14.8. The van der Waals surface area contributed by atoms with Gasteiger partial charge in [-0.15, -0.1) is 0 Å². The molecule has 5 atom stereocenters. The molecule has 0 aromatic heterocycles. The van der Waals surface area contributed by atoms with E-state index in [-0.39, 0.29) is 25.7 Å². The molecule has 610 valence electrons. The minimum absolute atomic E-state index is 0.0515. The molecule has 17 nitrogen and oxygen atoms in total. The summed E-state index contributed by atoms with van der Waals surface area (Å²) in [6, 6.07) is 0. The number of carbonyl (C=O) groups is 4. The summed E-state index contributed by atoms with van der Waals surface area (Å²) in [5.74, 6) is -2.44. The molecule has 19 heteroatoms. The highest BCUT2D eigenvalue weighted by Gasteiger charge is 2.30. The van der Waals surface area contributed by atoms with Crippen molar-refractivity contribution in [2.75, 3.05) is 39.6 Å². The van der Waals surface area contributed by atoms with E-state index in [1.807, 2.05) is 42.5 Å². The zero-order valence-electron chi connectivity index (χ0n) is 66.7. The van der Waals surface area contributed by atoms with Gasteiger partial charge in [0.15, 0.2) is 12.2 Å². The van der Waals surface area contributed by atoms with Crippen molar-refractivity contribution in [1.29, 1.82) is 0 Å². The molecule has 0 amide bonds. The standard InChI is InChI=1S/C89H142O17P2/c1-5-9-13-17-21-25-29-33-37-40-41-44-48-52-56-60-64-68-72-76-89(94)106-85(80-100-87(92)74-70-66-62-58-54-50-47-43-39-35-31-27-23-19-15-11-7-3)82-104-108(97,98)102-78-83(90)77-101-107(95,96)103-81-84(105-88(93)75-71-67-63-59-55-51-45-36-32-28-24-20-16-12-8-4)79-99-86(91)73-69-65-61-57-53-49-46-42-38-34-30-26-22-18-14-10-6-2/h9,13,21-28,33-39,41,44-47,49-50,52,56-58,61-62,64,68,83-85,90H,5-8,10-12,14-20,29-32,40,42-43,48,51,53-55,59-60,63,65-67,69-82H2,1-4H3,(H,95,96)(H,97,98)/b13-9-,25-21-,26-22-,27-23-,28-24-,37-33-,38-34-,39-35-,44-41-,45-36-,49-46-,50-47-,56-52-,61-57-,62-58-,68-64-/t83-,84+,85+/m0/s1. The van der Waals surface area contributed by atoms with Crippen LogP contribution in [0.2, 0.25) is 0 Å². The Morgan fingerprint density at radius 3 is 0.824 bits per heavy atom. The number of aliphatic hydroxyl groups is 1. The van der Waals surface area contributed by atoms with Crippen LogP contribution in [0, 0.1) is 0 Å². The van der Waals surface area contributed by atoms with Crippen LogP contribution in [0.3, 0.4) is 0 Å². The Hall–Kier alpha value is -6.10. The third-order valence-electron chi connectivity index (χ3n) is 16.0. The van der Waals surface area contributed by atoms with Crippen molar-refractivity contribution in [3.05, 3.63) is 194 Å². The second kappa shape index (κ2) is 79.0. The highest BCUT2D eigenvalue weighted by Crippen LogP contribution is 2.45. The van der Waals surface area contributed by atoms with E-state index in [1.54, 1.807) is 0 Å². The smallest absolute Gasteiger partial charge is 0.462 e. The van der Waals surface area contributed by atoms with Gasteiger partial charge in [-0.25, -0.2) is 9.13 Å². The van der Waals surface area contributed by atoms with Gasteiger partial charge in [-0.05, 0) is 173 Å². The van der Waals surface area contributed by atoms with Crippen molar-refractivity contribution in [3.63, 3.8) is 0 Å². The number of allylic oxidation sites excluding steroid dienone is 32. The molecule has 0 radical (unpaired) electrons. The molecule has 108 heavy (non-hydrogen) atoms. The lowest BCUT2D eigenvalue weighted by molar-refractivity contribution is -0.161. The molecular weight excluding hydrogens is 1400 g/mol. The maximum Gasteiger partial charge on any atom is 0.472 e. The van der Waals surface area contributed by atoms with E-state index in [9.17, 15) is 43.2 Å². The molecule has 3 N–H and O–H groups in total. The fraction of sp³-hybridized carbons (Fsp3) is 0.596. The van der Waals surface area contributed by atoms with Crippen LogP contribution in [0.25, 0.3) is 0 Å². The monoisotopic (exact) mass is 1540 g/mol. The van der Waals surface area contributed by atoms with Gasteiger partial charge in [0, 0.05) is 25.7 Å². The molecule has 0 bridgehead atoms. The van der Waals surface area contributed by atoms with Crippen LogP contribution in [-0.4, -0.2) is 96.7 Å². The van der Waals surface area contributed by atoms with Gasteiger partial charge in [0.2, 0.25) is 0 Å². The number of esters is 4. The van der Waals surface area contributed by atoms with Crippen molar-refractivity contribution < 1.29 is 80.2 Å². The highest BCUT2D eigenvalue weighted by atomic mass is 31.2. The second-order valence-electron chi connectivity index (χ2n) is 26.3. The van der Waals surface area contributed by atoms with E-state index in [4.69, 9.17) is 37.0 Å². The van der Waals surface area contributed by atoms with Crippen LogP contribution in [0.5, 0.6) is 0 Å². The SMILES string of the molecule is CC/C=C\C/C=C\C/C=C\C/C=C\C/C=C\C/C=C\CCC(=O)O[C@H](COC(=O)CCC/C=C\C/C=C\C/C=C\C/C=C\CCCCC)COP(=O)(O)OC[C@@H](O)COP(=O)(O)OC[C@@H](COC(=O)CCC/C=C\C/C=C\C/C=C\C/C=C\CCCCC)OC(=O)CCCCCCC/C=C\C/C=C\CCCCC. The van der Waals surface area contributed by atoms with Crippen molar-refractivity contribution in [2.45, 2.75) is 303 Å². The average Bonchev–Trinajstić information content (AvgIpc) is 0.907. The minimum Gasteiger partial charge on any atom is -0.462 e. The van der Waals surface area contributed by atoms with Gasteiger partial charge in [-0.3, -0.25) is 37.3 Å². The second-order valence-corrected chi connectivity index (χ2v) is 29.2. The molecule has 0 saturated heterocycles. The third-order valence-corrected chi connectivity index (χ3v) is 17.9. The zero-order valence-corrected chi connectivity index (χ0v) is 68.5. The molecule has 0 aliphatic carbocycles. The van der Waals surface area contributed by atoms with Gasteiger partial charge in [0.25, 0.3) is 0 Å². The Morgan fingerprint density at radius 2 is 0.509 bits per heavy atom. The number of hydrogen-bond acceptors (Lipinski definition) is 15. The lowest BCUT2D eigenvalue weighted by Crippen LogP contribution is -2.30. The van der Waals surface area contributed by atoms with Gasteiger partial charge >= 0.3 is 39.5 Å². The molecule has 0 aromatic rings. The number of phosphoric acid groups is 2. The molecular formula is C89H142O17P2. The molecule has 0 rings (SSSR count). The van der Waals surface area contributed by atoms with E-state index < -0.39 is 97.5 Å². The van der Waals surface area contributed by atoms with Crippen LogP contribution in [0.1, 0.15) is 285 Å². The first kappa shape index (κ1) is 102. The molecule has 0 heterocycles.